The Morgan fingerprint density at radius 3 is 2.75 bits per heavy atom. The van der Waals surface area contributed by atoms with E-state index in [4.69, 9.17) is 4.98 Å². The summed E-state index contributed by atoms with van der Waals surface area (Å²) < 4.78 is 0. The van der Waals surface area contributed by atoms with Crippen molar-refractivity contribution < 1.29 is 9.90 Å². The van der Waals surface area contributed by atoms with Crippen LogP contribution in [-0.2, 0) is 4.79 Å². The van der Waals surface area contributed by atoms with Crippen LogP contribution in [0.1, 0.15) is 39.5 Å². The molecule has 152 valence electrons. The largest absolute Gasteiger partial charge is 0.391 e. The molecular formula is C21H31N5O2. The third-order valence-corrected chi connectivity index (χ3v) is 6.35. The van der Waals surface area contributed by atoms with Gasteiger partial charge in [-0.3, -0.25) is 4.79 Å². The summed E-state index contributed by atoms with van der Waals surface area (Å²) in [7, 11) is 0. The zero-order valence-electron chi connectivity index (χ0n) is 17.0. The number of nitrogens with zero attached hydrogens (tertiary/aromatic N) is 5. The standard InChI is InChI=1S/C21H31N5O2/c1-16(2)4-9-26-15-21(13-19(26)28)6-11-24(12-7-21)20-22-8-3-18(23-20)25-10-5-17(27)14-25/h3-4,8,17,27H,5-7,9-15H2,1-2H3/t17-/m0/s1. The Kier molecular flexibility index (Phi) is 5.27. The summed E-state index contributed by atoms with van der Waals surface area (Å²) in [4.78, 5) is 28.1. The zero-order valence-corrected chi connectivity index (χ0v) is 17.0. The molecule has 3 saturated heterocycles. The molecule has 1 aromatic rings. The molecule has 1 amide bonds. The van der Waals surface area contributed by atoms with Gasteiger partial charge < -0.3 is 19.8 Å². The monoisotopic (exact) mass is 385 g/mol. The van der Waals surface area contributed by atoms with E-state index in [0.29, 0.717) is 13.0 Å². The number of rotatable bonds is 4. The summed E-state index contributed by atoms with van der Waals surface area (Å²) >= 11 is 0. The van der Waals surface area contributed by atoms with E-state index in [2.05, 4.69) is 34.7 Å². The number of likely N-dealkylation sites (tertiary alicyclic amines) is 1. The highest BCUT2D eigenvalue weighted by molar-refractivity contribution is 5.79. The number of hydrogen-bond acceptors (Lipinski definition) is 6. The van der Waals surface area contributed by atoms with E-state index >= 15 is 0 Å². The van der Waals surface area contributed by atoms with Crippen LogP contribution in [0.3, 0.4) is 0 Å². The van der Waals surface area contributed by atoms with Crippen LogP contribution >= 0.6 is 0 Å². The van der Waals surface area contributed by atoms with Crippen LogP contribution in [0.5, 0.6) is 0 Å². The molecule has 1 N–H and O–H groups in total. The van der Waals surface area contributed by atoms with Gasteiger partial charge in [-0.25, -0.2) is 4.98 Å². The molecule has 3 fully saturated rings. The molecule has 1 spiro atoms. The van der Waals surface area contributed by atoms with Gasteiger partial charge in [-0.2, -0.15) is 4.98 Å². The van der Waals surface area contributed by atoms with Gasteiger partial charge in [0.25, 0.3) is 0 Å². The Labute approximate surface area is 167 Å². The van der Waals surface area contributed by atoms with Crippen LogP contribution in [0.15, 0.2) is 23.9 Å². The molecule has 0 aromatic carbocycles. The van der Waals surface area contributed by atoms with Crippen LogP contribution in [0.25, 0.3) is 0 Å². The summed E-state index contributed by atoms with van der Waals surface area (Å²) in [6.45, 7) is 9.01. The Hall–Kier alpha value is -2.15. The van der Waals surface area contributed by atoms with Gasteiger partial charge >= 0.3 is 0 Å². The number of carbonyl (C=O) groups is 1. The number of hydrogen-bond donors (Lipinski definition) is 1. The zero-order chi connectivity index (χ0) is 19.7. The molecule has 0 saturated carbocycles. The van der Waals surface area contributed by atoms with Gasteiger partial charge in [0, 0.05) is 57.3 Å². The van der Waals surface area contributed by atoms with Crippen LogP contribution in [0, 0.1) is 5.41 Å². The highest BCUT2D eigenvalue weighted by Gasteiger charge is 2.44. The quantitative estimate of drug-likeness (QED) is 0.798. The molecule has 0 radical (unpaired) electrons. The maximum Gasteiger partial charge on any atom is 0.227 e. The Balaban J connectivity index is 1.38. The van der Waals surface area contributed by atoms with E-state index in [-0.39, 0.29) is 17.4 Å². The number of piperidine rings is 1. The molecule has 3 aliphatic rings. The lowest BCUT2D eigenvalue weighted by Crippen LogP contribution is -2.42. The molecule has 1 aromatic heterocycles. The van der Waals surface area contributed by atoms with E-state index in [0.717, 1.165) is 63.8 Å². The summed E-state index contributed by atoms with van der Waals surface area (Å²) in [5.41, 5.74) is 1.37. The smallest absolute Gasteiger partial charge is 0.227 e. The Bertz CT molecular complexity index is 753. The SMILES string of the molecule is CC(C)=CCN1CC2(CCN(c3nccc(N4CC[C@H](O)C4)n3)CC2)CC1=O. The Morgan fingerprint density at radius 2 is 2.07 bits per heavy atom. The summed E-state index contributed by atoms with van der Waals surface area (Å²) in [5.74, 6) is 1.95. The first-order chi connectivity index (χ1) is 13.4. The second kappa shape index (κ2) is 7.70. The van der Waals surface area contributed by atoms with Crippen molar-refractivity contribution in [1.82, 2.24) is 14.9 Å². The summed E-state index contributed by atoms with van der Waals surface area (Å²) in [6.07, 6.45) is 7.16. The van der Waals surface area contributed by atoms with Crippen molar-refractivity contribution in [2.45, 2.75) is 45.6 Å². The predicted molar refractivity (Wildman–Crippen MR) is 109 cm³/mol. The minimum absolute atomic E-state index is 0.111. The average molecular weight is 386 g/mol. The van der Waals surface area contributed by atoms with Crippen molar-refractivity contribution in [2.75, 3.05) is 49.1 Å². The van der Waals surface area contributed by atoms with Crippen molar-refractivity contribution >= 4 is 17.7 Å². The number of allylic oxidation sites excluding steroid dienone is 1. The van der Waals surface area contributed by atoms with Gasteiger partial charge in [0.15, 0.2) is 0 Å². The van der Waals surface area contributed by atoms with E-state index in [1.54, 1.807) is 0 Å². The number of aliphatic hydroxyl groups is 1. The lowest BCUT2D eigenvalue weighted by molar-refractivity contribution is -0.127. The normalized spacial score (nSPS) is 24.3. The first-order valence-corrected chi connectivity index (χ1v) is 10.4. The van der Waals surface area contributed by atoms with Gasteiger partial charge in [0.05, 0.1) is 6.10 Å². The van der Waals surface area contributed by atoms with Gasteiger partial charge in [-0.15, -0.1) is 0 Å². The molecule has 3 aliphatic heterocycles. The van der Waals surface area contributed by atoms with Gasteiger partial charge in [-0.05, 0) is 39.2 Å². The minimum Gasteiger partial charge on any atom is -0.391 e. The van der Waals surface area contributed by atoms with Crippen molar-refractivity contribution in [1.29, 1.82) is 0 Å². The molecule has 28 heavy (non-hydrogen) atoms. The van der Waals surface area contributed by atoms with Crippen molar-refractivity contribution in [3.8, 4) is 0 Å². The number of amides is 1. The lowest BCUT2D eigenvalue weighted by Gasteiger charge is -2.38. The summed E-state index contributed by atoms with van der Waals surface area (Å²) in [5, 5.41) is 9.78. The fourth-order valence-corrected chi connectivity index (χ4v) is 4.57. The predicted octanol–water partition coefficient (Wildman–Crippen LogP) is 1.83. The molecule has 0 bridgehead atoms. The van der Waals surface area contributed by atoms with Gasteiger partial charge in [0.2, 0.25) is 11.9 Å². The average Bonchev–Trinajstić information content (AvgIpc) is 3.24. The molecule has 4 rings (SSSR count). The second-order valence-corrected chi connectivity index (χ2v) is 8.82. The lowest BCUT2D eigenvalue weighted by atomic mass is 9.77. The number of anilines is 2. The van der Waals surface area contributed by atoms with Crippen LogP contribution in [0.4, 0.5) is 11.8 Å². The molecular weight excluding hydrogens is 354 g/mol. The first-order valence-electron chi connectivity index (χ1n) is 10.4. The topological polar surface area (TPSA) is 72.8 Å². The highest BCUT2D eigenvalue weighted by atomic mass is 16.3. The van der Waals surface area contributed by atoms with Crippen LogP contribution in [-0.4, -0.2) is 71.3 Å². The number of carbonyl (C=O) groups excluding carboxylic acids is 1. The fourth-order valence-electron chi connectivity index (χ4n) is 4.57. The molecule has 4 heterocycles. The highest BCUT2D eigenvalue weighted by Crippen LogP contribution is 2.41. The number of aromatic nitrogens is 2. The molecule has 0 unspecified atom stereocenters. The van der Waals surface area contributed by atoms with Gasteiger partial charge in [-0.1, -0.05) is 11.6 Å². The Morgan fingerprint density at radius 1 is 1.29 bits per heavy atom. The molecule has 1 atom stereocenters. The van der Waals surface area contributed by atoms with Crippen LogP contribution in [0.2, 0.25) is 0 Å². The van der Waals surface area contributed by atoms with E-state index in [1.807, 2.05) is 17.2 Å². The van der Waals surface area contributed by atoms with Crippen molar-refractivity contribution in [2.24, 2.45) is 5.41 Å². The molecule has 0 aliphatic carbocycles. The minimum atomic E-state index is -0.262. The van der Waals surface area contributed by atoms with Crippen molar-refractivity contribution in [3.05, 3.63) is 23.9 Å². The van der Waals surface area contributed by atoms with Crippen LogP contribution < -0.4 is 9.80 Å². The first kappa shape index (κ1) is 19.2. The molecule has 7 nitrogen and oxygen atoms in total. The van der Waals surface area contributed by atoms with E-state index in [1.165, 1.54) is 5.57 Å². The third-order valence-electron chi connectivity index (χ3n) is 6.35. The van der Waals surface area contributed by atoms with Gasteiger partial charge in [0.1, 0.15) is 5.82 Å². The van der Waals surface area contributed by atoms with E-state index < -0.39 is 0 Å². The molecule has 7 heteroatoms. The number of β-amino-alcohol motifs (C(OH)–C–C–N with tert-alkyl or cyclic N) is 1. The third kappa shape index (κ3) is 3.99. The maximum absolute atomic E-state index is 12.5. The van der Waals surface area contributed by atoms with E-state index in [9.17, 15) is 9.90 Å². The number of aliphatic hydroxyl groups excluding tert-OH is 1. The maximum atomic E-state index is 12.5. The second-order valence-electron chi connectivity index (χ2n) is 8.82. The van der Waals surface area contributed by atoms with Crippen molar-refractivity contribution in [3.63, 3.8) is 0 Å². The fraction of sp³-hybridized carbons (Fsp3) is 0.667. The summed E-state index contributed by atoms with van der Waals surface area (Å²) in [6, 6.07) is 1.92.